The van der Waals surface area contributed by atoms with E-state index in [2.05, 4.69) is 26.1 Å². The molecule has 3 amide bonds. The van der Waals surface area contributed by atoms with Crippen LogP contribution in [0.4, 0.5) is 0 Å². The molecule has 3 N–H and O–H groups in total. The second-order valence-electron chi connectivity index (χ2n) is 9.85. The van der Waals surface area contributed by atoms with Crippen molar-refractivity contribution in [1.82, 2.24) is 10.2 Å². The number of carbonyl (C=O) groups is 3. The summed E-state index contributed by atoms with van der Waals surface area (Å²) < 4.78 is 0. The summed E-state index contributed by atoms with van der Waals surface area (Å²) in [6, 6.07) is -0.476. The average Bonchev–Trinajstić information content (AvgIpc) is 2.81. The molecule has 0 bridgehead atoms. The molecule has 2 unspecified atom stereocenters. The number of nitrogens with two attached hydrogens (primary N) is 1. The predicted octanol–water partition coefficient (Wildman–Crippen LogP) is 3.63. The maximum absolute atomic E-state index is 13.3. The second-order valence-corrected chi connectivity index (χ2v) is 9.85. The van der Waals surface area contributed by atoms with Gasteiger partial charge < -0.3 is 16.0 Å². The van der Waals surface area contributed by atoms with Gasteiger partial charge >= 0.3 is 0 Å². The highest BCUT2D eigenvalue weighted by Gasteiger charge is 2.36. The zero-order valence-electron chi connectivity index (χ0n) is 19.3. The lowest BCUT2D eigenvalue weighted by Gasteiger charge is -2.31. The molecule has 2 fully saturated rings. The first-order valence-electron chi connectivity index (χ1n) is 12.2. The van der Waals surface area contributed by atoms with Gasteiger partial charge in [-0.2, -0.15) is 0 Å². The number of unbranched alkanes of at least 4 members (excludes halogenated alkanes) is 1. The second kappa shape index (κ2) is 12.3. The van der Waals surface area contributed by atoms with Gasteiger partial charge in [0, 0.05) is 24.9 Å². The number of amides is 3. The minimum absolute atomic E-state index is 0.0488. The highest BCUT2D eigenvalue weighted by molar-refractivity contribution is 5.91. The maximum Gasteiger partial charge on any atom is 0.245 e. The molecule has 1 saturated carbocycles. The number of rotatable bonds is 12. The van der Waals surface area contributed by atoms with Crippen molar-refractivity contribution in [3.8, 4) is 0 Å². The van der Waals surface area contributed by atoms with Gasteiger partial charge in [0.2, 0.25) is 17.7 Å². The maximum atomic E-state index is 13.3. The van der Waals surface area contributed by atoms with Crippen LogP contribution in [0.1, 0.15) is 91.4 Å². The molecule has 1 aliphatic carbocycles. The summed E-state index contributed by atoms with van der Waals surface area (Å²) in [6.45, 7) is 7.76. The third-order valence-electron chi connectivity index (χ3n) is 6.91. The Morgan fingerprint density at radius 3 is 2.43 bits per heavy atom. The van der Waals surface area contributed by atoms with Crippen molar-refractivity contribution >= 4 is 17.7 Å². The summed E-state index contributed by atoms with van der Waals surface area (Å²) in [6.07, 6.45) is 10.6. The van der Waals surface area contributed by atoms with Gasteiger partial charge in [-0.1, -0.05) is 52.9 Å². The summed E-state index contributed by atoms with van der Waals surface area (Å²) in [5.41, 5.74) is 5.69. The van der Waals surface area contributed by atoms with Crippen LogP contribution >= 0.6 is 0 Å². The highest BCUT2D eigenvalue weighted by Crippen LogP contribution is 2.30. The van der Waals surface area contributed by atoms with E-state index in [1.807, 2.05) is 4.90 Å². The van der Waals surface area contributed by atoms with E-state index in [1.54, 1.807) is 0 Å². The zero-order valence-corrected chi connectivity index (χ0v) is 19.3. The van der Waals surface area contributed by atoms with Crippen LogP contribution in [-0.2, 0) is 14.4 Å². The molecule has 0 aromatic heterocycles. The average molecular weight is 422 g/mol. The first-order chi connectivity index (χ1) is 14.3. The Kier molecular flexibility index (Phi) is 10.1. The van der Waals surface area contributed by atoms with Gasteiger partial charge in [0.25, 0.3) is 0 Å². The van der Waals surface area contributed by atoms with E-state index in [9.17, 15) is 14.4 Å². The number of likely N-dealkylation sites (tertiary alicyclic amines) is 1. The molecule has 1 saturated heterocycles. The number of hydrogen-bond donors (Lipinski definition) is 2. The smallest absolute Gasteiger partial charge is 0.245 e. The fourth-order valence-electron chi connectivity index (χ4n) is 4.79. The van der Waals surface area contributed by atoms with Crippen molar-refractivity contribution in [3.05, 3.63) is 0 Å². The first kappa shape index (κ1) is 24.7. The summed E-state index contributed by atoms with van der Waals surface area (Å²) in [7, 11) is 0. The molecule has 0 aromatic rings. The molecular formula is C24H43N3O3. The molecule has 1 heterocycles. The number of hydrogen-bond acceptors (Lipinski definition) is 3. The van der Waals surface area contributed by atoms with E-state index in [-0.39, 0.29) is 17.7 Å². The van der Waals surface area contributed by atoms with Gasteiger partial charge in [-0.15, -0.1) is 0 Å². The normalized spacial score (nSPS) is 22.3. The Hall–Kier alpha value is -1.59. The Bertz CT molecular complexity index is 574. The topological polar surface area (TPSA) is 92.5 Å². The van der Waals surface area contributed by atoms with Gasteiger partial charge in [-0.3, -0.25) is 14.4 Å². The first-order valence-corrected chi connectivity index (χ1v) is 12.2. The lowest BCUT2D eigenvalue weighted by atomic mass is 9.81. The molecule has 2 aliphatic rings. The largest absolute Gasteiger partial charge is 0.369 e. The number of primary amides is 1. The number of carbonyl (C=O) groups excluding carboxylic acids is 3. The van der Waals surface area contributed by atoms with E-state index >= 15 is 0 Å². The third-order valence-corrected chi connectivity index (χ3v) is 6.91. The lowest BCUT2D eigenvalue weighted by molar-refractivity contribution is -0.139. The molecule has 0 aromatic carbocycles. The Balaban J connectivity index is 2.04. The summed E-state index contributed by atoms with van der Waals surface area (Å²) >= 11 is 0. The van der Waals surface area contributed by atoms with Crippen LogP contribution in [-0.4, -0.2) is 41.8 Å². The van der Waals surface area contributed by atoms with Gasteiger partial charge in [-0.05, 0) is 50.4 Å². The number of nitrogens with one attached hydrogen (secondary N) is 1. The molecule has 6 heteroatoms. The molecule has 2 rings (SSSR count). The minimum atomic E-state index is -0.476. The van der Waals surface area contributed by atoms with Crippen molar-refractivity contribution in [2.75, 3.05) is 13.1 Å². The minimum Gasteiger partial charge on any atom is -0.369 e. The molecule has 0 spiro atoms. The van der Waals surface area contributed by atoms with Crippen LogP contribution in [0.25, 0.3) is 0 Å². The van der Waals surface area contributed by atoms with E-state index < -0.39 is 23.8 Å². The van der Waals surface area contributed by atoms with Crippen molar-refractivity contribution in [2.24, 2.45) is 29.4 Å². The predicted molar refractivity (Wildman–Crippen MR) is 119 cm³/mol. The third kappa shape index (κ3) is 7.28. The van der Waals surface area contributed by atoms with Crippen molar-refractivity contribution < 1.29 is 14.4 Å². The Morgan fingerprint density at radius 1 is 1.13 bits per heavy atom. The monoisotopic (exact) mass is 421 g/mol. The van der Waals surface area contributed by atoms with Crippen molar-refractivity contribution in [1.29, 1.82) is 0 Å². The van der Waals surface area contributed by atoms with E-state index in [0.717, 1.165) is 51.1 Å². The molecule has 1 aliphatic heterocycles. The van der Waals surface area contributed by atoms with E-state index in [1.165, 1.54) is 19.3 Å². The molecule has 30 heavy (non-hydrogen) atoms. The Labute approximate surface area is 182 Å². The zero-order chi connectivity index (χ0) is 22.1. The molecular weight excluding hydrogens is 378 g/mol. The number of nitrogens with zero attached hydrogens (tertiary/aromatic N) is 1. The van der Waals surface area contributed by atoms with Gasteiger partial charge in [0.05, 0.1) is 0 Å². The van der Waals surface area contributed by atoms with E-state index in [0.29, 0.717) is 19.3 Å². The van der Waals surface area contributed by atoms with Gasteiger partial charge in [-0.25, -0.2) is 0 Å². The standard InChI is InChI=1S/C24H43N3O3/c1-4-5-11-19(22(25)28)20(16-17(2)3)23(29)26-21-12-6-7-14-27(24(21)30)15-13-18-9-8-10-18/h17-21H,4-16H2,1-3H3,(H2,25,28)(H,26,29)/t19?,20?,21-/m0/s1. The van der Waals surface area contributed by atoms with Crippen molar-refractivity contribution in [3.63, 3.8) is 0 Å². The van der Waals surface area contributed by atoms with E-state index in [4.69, 9.17) is 5.73 Å². The molecule has 172 valence electrons. The van der Waals surface area contributed by atoms with Crippen molar-refractivity contribution in [2.45, 2.75) is 97.4 Å². The van der Waals surface area contributed by atoms with Crippen LogP contribution in [0.5, 0.6) is 0 Å². The van der Waals surface area contributed by atoms with Gasteiger partial charge in [0.1, 0.15) is 6.04 Å². The quantitative estimate of drug-likeness (QED) is 0.504. The fourth-order valence-corrected chi connectivity index (χ4v) is 4.79. The molecule has 3 atom stereocenters. The van der Waals surface area contributed by atoms with Crippen LogP contribution in [0.2, 0.25) is 0 Å². The summed E-state index contributed by atoms with van der Waals surface area (Å²) in [5.74, 6) is -0.432. The van der Waals surface area contributed by atoms with Crippen LogP contribution in [0.15, 0.2) is 0 Å². The van der Waals surface area contributed by atoms with Crippen LogP contribution in [0, 0.1) is 23.7 Å². The molecule has 6 nitrogen and oxygen atoms in total. The highest BCUT2D eigenvalue weighted by atomic mass is 16.2. The van der Waals surface area contributed by atoms with Gasteiger partial charge in [0.15, 0.2) is 0 Å². The molecule has 0 radical (unpaired) electrons. The summed E-state index contributed by atoms with van der Waals surface area (Å²) in [5, 5.41) is 3.03. The summed E-state index contributed by atoms with van der Waals surface area (Å²) in [4.78, 5) is 40.5. The van der Waals surface area contributed by atoms with Crippen LogP contribution < -0.4 is 11.1 Å². The fraction of sp³-hybridized carbons (Fsp3) is 0.875. The SMILES string of the molecule is CCCCC(C(N)=O)C(CC(C)C)C(=O)N[C@H]1CCCCN(CCC2CCC2)C1=O. The lowest BCUT2D eigenvalue weighted by Crippen LogP contribution is -2.51. The Morgan fingerprint density at radius 2 is 1.87 bits per heavy atom. The van der Waals surface area contributed by atoms with Crippen LogP contribution in [0.3, 0.4) is 0 Å².